The van der Waals surface area contributed by atoms with Gasteiger partial charge in [-0.3, -0.25) is 4.39 Å². The summed E-state index contributed by atoms with van der Waals surface area (Å²) in [5, 5.41) is 13.4. The Morgan fingerprint density at radius 2 is 2.22 bits per heavy atom. The molecule has 0 saturated carbocycles. The van der Waals surface area contributed by atoms with Crippen LogP contribution in [0.5, 0.6) is 0 Å². The van der Waals surface area contributed by atoms with Gasteiger partial charge in [-0.05, 0) is 30.3 Å². The molecule has 2 unspecified atom stereocenters. The Bertz CT molecular complexity index is 497. The number of benzene rings is 1. The van der Waals surface area contributed by atoms with Crippen LogP contribution in [0.15, 0.2) is 34.9 Å². The zero-order valence-corrected chi connectivity index (χ0v) is 10.4. The number of furan rings is 1. The minimum absolute atomic E-state index is 0.0775. The summed E-state index contributed by atoms with van der Waals surface area (Å²) in [4.78, 5) is 0. The van der Waals surface area contributed by atoms with Crippen molar-refractivity contribution in [3.63, 3.8) is 0 Å². The smallest absolute Gasteiger partial charge is 0.133 e. The molecular formula is C14H18FNO2. The zero-order valence-electron chi connectivity index (χ0n) is 10.4. The second-order valence-electron chi connectivity index (χ2n) is 4.33. The van der Waals surface area contributed by atoms with Gasteiger partial charge in [0, 0.05) is 17.3 Å². The summed E-state index contributed by atoms with van der Waals surface area (Å²) in [6, 6.07) is 7.21. The molecule has 1 aromatic heterocycles. The number of nitrogens with one attached hydrogen (secondary N) is 1. The van der Waals surface area contributed by atoms with E-state index < -0.39 is 6.67 Å². The third-order valence-electron chi connectivity index (χ3n) is 3.22. The molecular weight excluding hydrogens is 233 g/mol. The summed E-state index contributed by atoms with van der Waals surface area (Å²) in [7, 11) is 0. The Balaban J connectivity index is 2.29. The maximum Gasteiger partial charge on any atom is 0.133 e. The van der Waals surface area contributed by atoms with Crippen LogP contribution in [-0.2, 0) is 0 Å². The number of rotatable bonds is 6. The number of alkyl halides is 1. The molecule has 0 amide bonds. The van der Waals surface area contributed by atoms with E-state index in [1.165, 1.54) is 0 Å². The van der Waals surface area contributed by atoms with Crippen molar-refractivity contribution in [2.45, 2.75) is 18.9 Å². The summed E-state index contributed by atoms with van der Waals surface area (Å²) in [6.45, 7) is 2.07. The molecule has 0 aliphatic carbocycles. The van der Waals surface area contributed by atoms with Gasteiger partial charge in [-0.2, -0.15) is 0 Å². The topological polar surface area (TPSA) is 45.4 Å². The predicted molar refractivity (Wildman–Crippen MR) is 69.5 cm³/mol. The van der Waals surface area contributed by atoms with Crippen LogP contribution < -0.4 is 5.32 Å². The van der Waals surface area contributed by atoms with Crippen LogP contribution in [0.1, 0.15) is 18.4 Å². The van der Waals surface area contributed by atoms with Crippen molar-refractivity contribution >= 4 is 11.0 Å². The molecule has 0 aliphatic heterocycles. The highest BCUT2D eigenvalue weighted by atomic mass is 19.1. The average molecular weight is 251 g/mol. The highest BCUT2D eigenvalue weighted by Crippen LogP contribution is 2.25. The van der Waals surface area contributed by atoms with E-state index in [4.69, 9.17) is 4.42 Å². The zero-order chi connectivity index (χ0) is 13.0. The van der Waals surface area contributed by atoms with Crippen LogP contribution in [0.25, 0.3) is 11.0 Å². The van der Waals surface area contributed by atoms with E-state index in [0.29, 0.717) is 6.54 Å². The maximum absolute atomic E-state index is 13.3. The normalized spacial score (nSPS) is 14.8. The second-order valence-corrected chi connectivity index (χ2v) is 4.33. The standard InChI is InChI=1S/C14H18FNO2/c1-2-16-13(9-17)12(8-15)10-3-4-14-11(7-10)5-6-18-14/h3-7,12-13,16-17H,2,8-9H2,1H3. The Hall–Kier alpha value is -1.39. The average Bonchev–Trinajstić information content (AvgIpc) is 2.86. The summed E-state index contributed by atoms with van der Waals surface area (Å²) >= 11 is 0. The van der Waals surface area contributed by atoms with Crippen LogP contribution in [-0.4, -0.2) is 31.0 Å². The minimum atomic E-state index is -0.498. The molecule has 0 spiro atoms. The van der Waals surface area contributed by atoms with Gasteiger partial charge in [0.1, 0.15) is 5.58 Å². The Kier molecular flexibility index (Phi) is 4.33. The summed E-state index contributed by atoms with van der Waals surface area (Å²) in [5.74, 6) is -0.339. The number of hydrogen-bond acceptors (Lipinski definition) is 3. The molecule has 0 saturated heterocycles. The van der Waals surface area contributed by atoms with Crippen LogP contribution in [0.4, 0.5) is 4.39 Å². The number of likely N-dealkylation sites (N-methyl/N-ethyl adjacent to an activating group) is 1. The lowest BCUT2D eigenvalue weighted by Gasteiger charge is -2.24. The van der Waals surface area contributed by atoms with Gasteiger partial charge in [0.05, 0.1) is 19.5 Å². The molecule has 18 heavy (non-hydrogen) atoms. The lowest BCUT2D eigenvalue weighted by atomic mass is 9.92. The number of hydrogen-bond donors (Lipinski definition) is 2. The van der Waals surface area contributed by atoms with Gasteiger partial charge in [-0.1, -0.05) is 13.0 Å². The first kappa shape index (κ1) is 13.1. The van der Waals surface area contributed by atoms with Crippen molar-refractivity contribution in [1.82, 2.24) is 5.32 Å². The van der Waals surface area contributed by atoms with Gasteiger partial charge in [0.25, 0.3) is 0 Å². The molecule has 0 aliphatic rings. The minimum Gasteiger partial charge on any atom is -0.464 e. The first-order valence-electron chi connectivity index (χ1n) is 6.17. The molecule has 2 atom stereocenters. The summed E-state index contributed by atoms with van der Waals surface area (Å²) in [5.41, 5.74) is 1.67. The largest absolute Gasteiger partial charge is 0.464 e. The molecule has 4 heteroatoms. The van der Waals surface area contributed by atoms with Gasteiger partial charge in [-0.15, -0.1) is 0 Å². The molecule has 0 fully saturated rings. The van der Waals surface area contributed by atoms with Gasteiger partial charge in [-0.25, -0.2) is 0 Å². The van der Waals surface area contributed by atoms with Gasteiger partial charge >= 0.3 is 0 Å². The van der Waals surface area contributed by atoms with Crippen molar-refractivity contribution in [3.05, 3.63) is 36.1 Å². The monoisotopic (exact) mass is 251 g/mol. The van der Waals surface area contributed by atoms with Crippen LogP contribution >= 0.6 is 0 Å². The van der Waals surface area contributed by atoms with E-state index in [1.807, 2.05) is 31.2 Å². The van der Waals surface area contributed by atoms with Crippen LogP contribution in [0.2, 0.25) is 0 Å². The molecule has 2 rings (SSSR count). The first-order chi connectivity index (χ1) is 8.80. The lowest BCUT2D eigenvalue weighted by molar-refractivity contribution is 0.210. The highest BCUT2D eigenvalue weighted by molar-refractivity contribution is 5.77. The Morgan fingerprint density at radius 1 is 1.39 bits per heavy atom. The van der Waals surface area contributed by atoms with E-state index in [1.54, 1.807) is 6.26 Å². The number of fused-ring (bicyclic) bond motifs is 1. The van der Waals surface area contributed by atoms with Crippen molar-refractivity contribution in [1.29, 1.82) is 0 Å². The lowest BCUT2D eigenvalue weighted by Crippen LogP contribution is -2.38. The summed E-state index contributed by atoms with van der Waals surface area (Å²) < 4.78 is 18.5. The van der Waals surface area contributed by atoms with Crippen molar-refractivity contribution in [3.8, 4) is 0 Å². The second kappa shape index (κ2) is 5.98. The van der Waals surface area contributed by atoms with E-state index in [2.05, 4.69) is 5.32 Å². The third-order valence-corrected chi connectivity index (χ3v) is 3.22. The quantitative estimate of drug-likeness (QED) is 0.829. The molecule has 3 nitrogen and oxygen atoms in total. The van der Waals surface area contributed by atoms with E-state index >= 15 is 0 Å². The maximum atomic E-state index is 13.3. The Labute approximate surface area is 106 Å². The molecule has 0 bridgehead atoms. The van der Waals surface area contributed by atoms with Gasteiger partial charge < -0.3 is 14.8 Å². The first-order valence-corrected chi connectivity index (χ1v) is 6.17. The molecule has 2 aromatic rings. The molecule has 1 heterocycles. The Morgan fingerprint density at radius 3 is 2.89 bits per heavy atom. The van der Waals surface area contributed by atoms with Crippen LogP contribution in [0, 0.1) is 0 Å². The fraction of sp³-hybridized carbons (Fsp3) is 0.429. The third kappa shape index (κ3) is 2.54. The molecule has 0 radical (unpaired) electrons. The van der Waals surface area contributed by atoms with Crippen molar-refractivity contribution < 1.29 is 13.9 Å². The van der Waals surface area contributed by atoms with Gasteiger partial charge in [0.15, 0.2) is 0 Å². The fourth-order valence-corrected chi connectivity index (χ4v) is 2.24. The molecule has 98 valence electrons. The highest BCUT2D eigenvalue weighted by Gasteiger charge is 2.22. The fourth-order valence-electron chi connectivity index (χ4n) is 2.24. The van der Waals surface area contributed by atoms with Crippen LogP contribution in [0.3, 0.4) is 0 Å². The molecule has 2 N–H and O–H groups in total. The SMILES string of the molecule is CCNC(CO)C(CF)c1ccc2occc2c1. The van der Waals surface area contributed by atoms with E-state index in [9.17, 15) is 9.50 Å². The van der Waals surface area contributed by atoms with Crippen molar-refractivity contribution in [2.75, 3.05) is 19.8 Å². The number of halogens is 1. The predicted octanol–water partition coefficient (Wildman–Crippen LogP) is 2.46. The van der Waals surface area contributed by atoms with Gasteiger partial charge in [0.2, 0.25) is 0 Å². The molecule has 1 aromatic carbocycles. The van der Waals surface area contributed by atoms with E-state index in [0.717, 1.165) is 16.5 Å². The van der Waals surface area contributed by atoms with E-state index in [-0.39, 0.29) is 18.6 Å². The number of aliphatic hydroxyl groups excluding tert-OH is 1. The van der Waals surface area contributed by atoms with Crippen molar-refractivity contribution in [2.24, 2.45) is 0 Å². The summed E-state index contributed by atoms with van der Waals surface area (Å²) in [6.07, 6.45) is 1.62. The number of aliphatic hydroxyl groups is 1.